The van der Waals surface area contributed by atoms with Crippen molar-refractivity contribution in [3.8, 4) is 11.1 Å². The molecule has 0 saturated carbocycles. The van der Waals surface area contributed by atoms with Crippen LogP contribution in [0.5, 0.6) is 0 Å². The number of nitrogen functional groups attached to an aromatic ring is 1. The van der Waals surface area contributed by atoms with E-state index in [2.05, 4.69) is 0 Å². The van der Waals surface area contributed by atoms with Gasteiger partial charge < -0.3 is 17.2 Å². The number of aryl methyl sites for hydroxylation is 1. The Morgan fingerprint density at radius 3 is 2.20 bits per heavy atom. The van der Waals surface area contributed by atoms with E-state index in [4.69, 9.17) is 17.2 Å². The van der Waals surface area contributed by atoms with E-state index in [9.17, 15) is 9.59 Å². The van der Waals surface area contributed by atoms with Crippen LogP contribution in [0, 0.1) is 6.92 Å². The number of anilines is 1. The zero-order valence-corrected chi connectivity index (χ0v) is 11.0. The molecule has 6 N–H and O–H groups in total. The van der Waals surface area contributed by atoms with E-state index in [1.165, 1.54) is 12.1 Å². The second-order valence-electron chi connectivity index (χ2n) is 4.56. The minimum atomic E-state index is -0.564. The first-order valence-corrected chi connectivity index (χ1v) is 6.00. The number of hydrogen-bond donors (Lipinski definition) is 3. The van der Waals surface area contributed by atoms with Crippen LogP contribution >= 0.6 is 0 Å². The predicted octanol–water partition coefficient (Wildman–Crippen LogP) is 1.44. The molecule has 0 saturated heterocycles. The number of benzene rings is 2. The van der Waals surface area contributed by atoms with Gasteiger partial charge in [-0.1, -0.05) is 6.07 Å². The molecule has 0 aliphatic rings. The van der Waals surface area contributed by atoms with Crippen molar-refractivity contribution in [2.45, 2.75) is 6.92 Å². The number of primary amides is 2. The molecule has 0 aliphatic carbocycles. The van der Waals surface area contributed by atoms with Gasteiger partial charge >= 0.3 is 0 Å². The Morgan fingerprint density at radius 1 is 0.950 bits per heavy atom. The van der Waals surface area contributed by atoms with Crippen molar-refractivity contribution < 1.29 is 9.59 Å². The van der Waals surface area contributed by atoms with E-state index in [0.29, 0.717) is 22.4 Å². The Hall–Kier alpha value is -2.82. The van der Waals surface area contributed by atoms with Gasteiger partial charge in [0.1, 0.15) is 0 Å². The van der Waals surface area contributed by atoms with E-state index in [-0.39, 0.29) is 0 Å². The zero-order valence-electron chi connectivity index (χ0n) is 11.0. The highest BCUT2D eigenvalue weighted by Crippen LogP contribution is 2.27. The number of rotatable bonds is 3. The third-order valence-corrected chi connectivity index (χ3v) is 3.15. The van der Waals surface area contributed by atoms with Gasteiger partial charge in [-0.15, -0.1) is 0 Å². The molecule has 102 valence electrons. The summed E-state index contributed by atoms with van der Waals surface area (Å²) in [6.45, 7) is 1.86. The molecule has 5 nitrogen and oxygen atoms in total. The third kappa shape index (κ3) is 2.47. The van der Waals surface area contributed by atoms with Crippen LogP contribution in [0.4, 0.5) is 5.69 Å². The summed E-state index contributed by atoms with van der Waals surface area (Å²) in [6, 6.07) is 9.90. The van der Waals surface area contributed by atoms with Crippen LogP contribution in [-0.4, -0.2) is 11.8 Å². The Bertz CT molecular complexity index is 708. The fourth-order valence-electron chi connectivity index (χ4n) is 1.99. The van der Waals surface area contributed by atoms with Crippen LogP contribution in [0.15, 0.2) is 36.4 Å². The van der Waals surface area contributed by atoms with E-state index in [1.54, 1.807) is 18.2 Å². The van der Waals surface area contributed by atoms with E-state index >= 15 is 0 Å². The maximum Gasteiger partial charge on any atom is 0.249 e. The summed E-state index contributed by atoms with van der Waals surface area (Å²) in [6.07, 6.45) is 0. The van der Waals surface area contributed by atoms with Gasteiger partial charge in [-0.05, 0) is 53.9 Å². The molecule has 0 bridgehead atoms. The van der Waals surface area contributed by atoms with Crippen LogP contribution in [-0.2, 0) is 0 Å². The van der Waals surface area contributed by atoms with Crippen molar-refractivity contribution in [3.63, 3.8) is 0 Å². The molecule has 2 aromatic carbocycles. The maximum absolute atomic E-state index is 11.5. The number of amides is 2. The van der Waals surface area contributed by atoms with Gasteiger partial charge in [0, 0.05) is 16.8 Å². The average molecular weight is 269 g/mol. The molecule has 0 aromatic heterocycles. The Labute approximate surface area is 116 Å². The van der Waals surface area contributed by atoms with Crippen molar-refractivity contribution in [1.82, 2.24) is 0 Å². The molecular weight excluding hydrogens is 254 g/mol. The Kier molecular flexibility index (Phi) is 3.43. The van der Waals surface area contributed by atoms with Crippen molar-refractivity contribution in [3.05, 3.63) is 53.1 Å². The fraction of sp³-hybridized carbons (Fsp3) is 0.0667. The lowest BCUT2D eigenvalue weighted by Crippen LogP contribution is -2.15. The number of nitrogens with two attached hydrogens (primary N) is 3. The van der Waals surface area contributed by atoms with Gasteiger partial charge in [0.05, 0.1) is 0 Å². The maximum atomic E-state index is 11.5. The topological polar surface area (TPSA) is 112 Å². The number of carbonyl (C=O) groups is 2. The minimum absolute atomic E-state index is 0.319. The molecule has 20 heavy (non-hydrogen) atoms. The summed E-state index contributed by atoms with van der Waals surface area (Å²) in [5, 5.41) is 0. The predicted molar refractivity (Wildman–Crippen MR) is 78.1 cm³/mol. The van der Waals surface area contributed by atoms with Crippen LogP contribution in [0.1, 0.15) is 26.3 Å². The molecule has 0 spiro atoms. The SMILES string of the molecule is Cc1cc(-c2cc(C(N)=O)ccc2C(N)=O)ccc1N. The van der Waals surface area contributed by atoms with Crippen LogP contribution in [0.2, 0.25) is 0 Å². The van der Waals surface area contributed by atoms with Crippen molar-refractivity contribution in [2.24, 2.45) is 11.5 Å². The smallest absolute Gasteiger partial charge is 0.249 e. The molecule has 0 radical (unpaired) electrons. The van der Waals surface area contributed by atoms with Crippen LogP contribution in [0.25, 0.3) is 11.1 Å². The first-order chi connectivity index (χ1) is 9.40. The first-order valence-electron chi connectivity index (χ1n) is 6.00. The standard InChI is InChI=1S/C15H15N3O2/c1-8-6-9(3-5-13(8)16)12-7-10(14(17)19)2-4-11(12)15(18)20/h2-7H,16H2,1H3,(H2,17,19)(H2,18,20). The molecule has 0 aliphatic heterocycles. The van der Waals surface area contributed by atoms with E-state index < -0.39 is 11.8 Å². The molecule has 5 heteroatoms. The van der Waals surface area contributed by atoms with Crippen molar-refractivity contribution >= 4 is 17.5 Å². The van der Waals surface area contributed by atoms with Gasteiger partial charge in [0.2, 0.25) is 11.8 Å². The molecule has 0 heterocycles. The lowest BCUT2D eigenvalue weighted by molar-refractivity contribution is 0.0989. The van der Waals surface area contributed by atoms with Gasteiger partial charge in [-0.25, -0.2) is 0 Å². The molecule has 0 unspecified atom stereocenters. The third-order valence-electron chi connectivity index (χ3n) is 3.15. The number of carbonyl (C=O) groups excluding carboxylic acids is 2. The first kappa shape index (κ1) is 13.6. The molecule has 0 atom stereocenters. The average Bonchev–Trinajstić information content (AvgIpc) is 2.41. The highest BCUT2D eigenvalue weighted by molar-refractivity contribution is 6.02. The Balaban J connectivity index is 2.68. The molecule has 2 rings (SSSR count). The summed E-state index contributed by atoms with van der Waals surface area (Å²) in [7, 11) is 0. The summed E-state index contributed by atoms with van der Waals surface area (Å²) in [4.78, 5) is 22.8. The van der Waals surface area contributed by atoms with Crippen LogP contribution in [0.3, 0.4) is 0 Å². The van der Waals surface area contributed by atoms with Crippen molar-refractivity contribution in [2.75, 3.05) is 5.73 Å². The largest absolute Gasteiger partial charge is 0.399 e. The van der Waals surface area contributed by atoms with E-state index in [1.807, 2.05) is 13.0 Å². The Morgan fingerprint density at radius 2 is 1.65 bits per heavy atom. The van der Waals surface area contributed by atoms with Crippen molar-refractivity contribution in [1.29, 1.82) is 0 Å². The minimum Gasteiger partial charge on any atom is -0.399 e. The molecule has 2 amide bonds. The molecular formula is C15H15N3O2. The summed E-state index contributed by atoms with van der Waals surface area (Å²) in [5.74, 6) is -1.13. The lowest BCUT2D eigenvalue weighted by Gasteiger charge is -2.10. The summed E-state index contributed by atoms with van der Waals surface area (Å²) < 4.78 is 0. The quantitative estimate of drug-likeness (QED) is 0.733. The van der Waals surface area contributed by atoms with Crippen LogP contribution < -0.4 is 17.2 Å². The van der Waals surface area contributed by atoms with Gasteiger partial charge in [0.25, 0.3) is 0 Å². The number of hydrogen-bond acceptors (Lipinski definition) is 3. The second kappa shape index (κ2) is 5.05. The van der Waals surface area contributed by atoms with Gasteiger partial charge in [-0.2, -0.15) is 0 Å². The fourth-order valence-corrected chi connectivity index (χ4v) is 1.99. The van der Waals surface area contributed by atoms with Gasteiger partial charge in [0.15, 0.2) is 0 Å². The second-order valence-corrected chi connectivity index (χ2v) is 4.56. The summed E-state index contributed by atoms with van der Waals surface area (Å²) >= 11 is 0. The lowest BCUT2D eigenvalue weighted by atomic mass is 9.95. The highest BCUT2D eigenvalue weighted by atomic mass is 16.1. The van der Waals surface area contributed by atoms with Gasteiger partial charge in [-0.3, -0.25) is 9.59 Å². The molecule has 2 aromatic rings. The normalized spacial score (nSPS) is 10.2. The highest BCUT2D eigenvalue weighted by Gasteiger charge is 2.13. The zero-order chi connectivity index (χ0) is 14.9. The summed E-state index contributed by atoms with van der Waals surface area (Å²) in [5.41, 5.74) is 19.9. The van der Waals surface area contributed by atoms with E-state index in [0.717, 1.165) is 11.1 Å². The molecule has 0 fully saturated rings. The monoisotopic (exact) mass is 269 g/mol.